The van der Waals surface area contributed by atoms with E-state index in [4.69, 9.17) is 58.0 Å². The van der Waals surface area contributed by atoms with Crippen LogP contribution in [0.25, 0.3) is 0 Å². The second kappa shape index (κ2) is 9.28. The van der Waals surface area contributed by atoms with Crippen molar-refractivity contribution >= 4 is 69.7 Å². The highest BCUT2D eigenvalue weighted by atomic mass is 35.6. The molecule has 3 rings (SSSR count). The van der Waals surface area contributed by atoms with Gasteiger partial charge in [-0.15, -0.1) is 0 Å². The summed E-state index contributed by atoms with van der Waals surface area (Å²) in [6.07, 6.45) is 2.23. The van der Waals surface area contributed by atoms with E-state index in [9.17, 15) is 0 Å². The second-order valence-electron chi connectivity index (χ2n) is 7.51. The summed E-state index contributed by atoms with van der Waals surface area (Å²) < 4.78 is -1.64. The van der Waals surface area contributed by atoms with Crippen molar-refractivity contribution in [3.05, 3.63) is 33.8 Å². The number of hydrogen-bond donors (Lipinski definition) is 0. The number of alkyl halides is 3. The van der Waals surface area contributed by atoms with E-state index < -0.39 is 3.79 Å². The molecule has 2 heterocycles. The Hall–Kier alpha value is -0.230. The lowest BCUT2D eigenvalue weighted by Gasteiger charge is -2.38. The van der Waals surface area contributed by atoms with Crippen molar-refractivity contribution in [2.24, 2.45) is 15.9 Å². The molecule has 0 amide bonds. The largest absolute Gasteiger partial charge is 0.337 e. The Balaban J connectivity index is 1.76. The number of hydrogen-bond acceptors (Lipinski definition) is 4. The maximum atomic E-state index is 6.25. The van der Waals surface area contributed by atoms with Gasteiger partial charge in [0, 0.05) is 28.2 Å². The molecule has 154 valence electrons. The van der Waals surface area contributed by atoms with Crippen molar-refractivity contribution < 1.29 is 0 Å². The number of nitrogens with zero attached hydrogens (tertiary/aromatic N) is 4. The molecule has 0 bridgehead atoms. The van der Waals surface area contributed by atoms with Crippen LogP contribution in [-0.4, -0.2) is 57.6 Å². The molecule has 1 aromatic carbocycles. The lowest BCUT2D eigenvalue weighted by Crippen LogP contribution is -2.47. The average molecular weight is 485 g/mol. The first-order chi connectivity index (χ1) is 13.1. The highest BCUT2D eigenvalue weighted by Gasteiger charge is 2.36. The smallest absolute Gasteiger partial charge is 0.248 e. The first-order valence-electron chi connectivity index (χ1n) is 9.29. The highest BCUT2D eigenvalue weighted by Crippen LogP contribution is 2.33. The molecule has 0 aliphatic carbocycles. The molecule has 9 heteroatoms. The topological polar surface area (TPSA) is 31.2 Å². The minimum Gasteiger partial charge on any atom is -0.337 e. The fourth-order valence-corrected chi connectivity index (χ4v) is 4.63. The van der Waals surface area contributed by atoms with Crippen LogP contribution in [0.2, 0.25) is 10.0 Å². The zero-order valence-corrected chi connectivity index (χ0v) is 19.6. The van der Waals surface area contributed by atoms with E-state index in [1.54, 1.807) is 18.2 Å². The van der Waals surface area contributed by atoms with Crippen molar-refractivity contribution in [1.29, 1.82) is 0 Å². The number of piperidine rings is 1. The molecule has 0 unspecified atom stereocenters. The molecular weight excluding hydrogens is 462 g/mol. The predicted molar refractivity (Wildman–Crippen MR) is 122 cm³/mol. The monoisotopic (exact) mass is 482 g/mol. The van der Waals surface area contributed by atoms with Crippen LogP contribution in [0, 0.1) is 5.92 Å². The van der Waals surface area contributed by atoms with Gasteiger partial charge in [-0.1, -0.05) is 58.0 Å². The Morgan fingerprint density at radius 1 is 1.07 bits per heavy atom. The van der Waals surface area contributed by atoms with Gasteiger partial charge in [0.05, 0.1) is 0 Å². The van der Waals surface area contributed by atoms with Gasteiger partial charge >= 0.3 is 0 Å². The summed E-state index contributed by atoms with van der Waals surface area (Å²) in [6, 6.07) is 5.74. The van der Waals surface area contributed by atoms with E-state index in [2.05, 4.69) is 28.7 Å². The SMILES string of the molecule is CC(C)N1CCC(CN2CN=C(c3cc(Cl)cc(Cl)c3)N=C2C(Cl)(Cl)Cl)CC1. The third kappa shape index (κ3) is 5.68. The first kappa shape index (κ1) is 22.5. The summed E-state index contributed by atoms with van der Waals surface area (Å²) in [5.41, 5.74) is 0.703. The van der Waals surface area contributed by atoms with Crippen LogP contribution in [0.5, 0.6) is 0 Å². The van der Waals surface area contributed by atoms with Gasteiger partial charge in [0.25, 0.3) is 0 Å². The van der Waals surface area contributed by atoms with Crippen LogP contribution >= 0.6 is 58.0 Å². The van der Waals surface area contributed by atoms with Gasteiger partial charge in [0.1, 0.15) is 6.67 Å². The lowest BCUT2D eigenvalue weighted by atomic mass is 9.95. The van der Waals surface area contributed by atoms with E-state index in [1.807, 2.05) is 4.90 Å². The lowest BCUT2D eigenvalue weighted by molar-refractivity contribution is 0.137. The Kier molecular flexibility index (Phi) is 7.44. The predicted octanol–water partition coefficient (Wildman–Crippen LogP) is 5.90. The van der Waals surface area contributed by atoms with Gasteiger partial charge in [0.2, 0.25) is 3.79 Å². The third-order valence-electron chi connectivity index (χ3n) is 5.13. The van der Waals surface area contributed by atoms with Crippen molar-refractivity contribution in [3.63, 3.8) is 0 Å². The fourth-order valence-electron chi connectivity index (χ4n) is 3.61. The van der Waals surface area contributed by atoms with Gasteiger partial charge < -0.3 is 9.80 Å². The Morgan fingerprint density at radius 3 is 2.21 bits per heavy atom. The number of halogens is 5. The standard InChI is InChI=1S/C19H23Cl5N4/c1-12(2)27-5-3-13(4-6-27)10-28-11-25-17(26-18(28)19(22,23)24)14-7-15(20)9-16(21)8-14/h7-9,12-13H,3-6,10-11H2,1-2H3. The minimum atomic E-state index is -1.64. The molecule has 0 aromatic heterocycles. The quantitative estimate of drug-likeness (QED) is 0.498. The number of aliphatic imine (C=N–C) groups is 2. The van der Waals surface area contributed by atoms with Crippen LogP contribution in [0.4, 0.5) is 0 Å². The molecule has 4 nitrogen and oxygen atoms in total. The zero-order chi connectivity index (χ0) is 20.5. The van der Waals surface area contributed by atoms with Crippen molar-refractivity contribution in [1.82, 2.24) is 9.80 Å². The van der Waals surface area contributed by atoms with Crippen LogP contribution < -0.4 is 0 Å². The molecule has 0 radical (unpaired) electrons. The molecule has 28 heavy (non-hydrogen) atoms. The van der Waals surface area contributed by atoms with Crippen LogP contribution in [-0.2, 0) is 0 Å². The molecule has 1 saturated heterocycles. The van der Waals surface area contributed by atoms with Gasteiger partial charge in [-0.2, -0.15) is 0 Å². The Labute approximate surface area is 191 Å². The molecule has 2 aliphatic rings. The van der Waals surface area contributed by atoms with Gasteiger partial charge in [0.15, 0.2) is 11.7 Å². The molecular formula is C19H23Cl5N4. The normalized spacial score (nSPS) is 19.8. The molecule has 0 atom stereocenters. The fraction of sp³-hybridized carbons (Fsp3) is 0.579. The van der Waals surface area contributed by atoms with E-state index in [0.717, 1.165) is 32.5 Å². The van der Waals surface area contributed by atoms with E-state index >= 15 is 0 Å². The zero-order valence-electron chi connectivity index (χ0n) is 15.8. The van der Waals surface area contributed by atoms with Crippen molar-refractivity contribution in [3.8, 4) is 0 Å². The number of rotatable bonds is 4. The molecule has 1 fully saturated rings. The van der Waals surface area contributed by atoms with Crippen molar-refractivity contribution in [2.45, 2.75) is 36.5 Å². The maximum absolute atomic E-state index is 6.25. The molecule has 0 spiro atoms. The second-order valence-corrected chi connectivity index (χ2v) is 10.7. The third-order valence-corrected chi connectivity index (χ3v) is 6.08. The Morgan fingerprint density at radius 2 is 1.68 bits per heavy atom. The van der Waals surface area contributed by atoms with Gasteiger partial charge in [-0.05, 0) is 63.9 Å². The molecule has 0 N–H and O–H groups in total. The summed E-state index contributed by atoms with van der Waals surface area (Å²) >= 11 is 31.0. The van der Waals surface area contributed by atoms with Crippen LogP contribution in [0.15, 0.2) is 28.2 Å². The van der Waals surface area contributed by atoms with Crippen LogP contribution in [0.1, 0.15) is 32.3 Å². The average Bonchev–Trinajstić information content (AvgIpc) is 2.60. The molecule has 1 aromatic rings. The number of likely N-dealkylation sites (tertiary alicyclic amines) is 1. The summed E-state index contributed by atoms with van der Waals surface area (Å²) in [5.74, 6) is 1.38. The summed E-state index contributed by atoms with van der Waals surface area (Å²) in [6.45, 7) is 7.80. The summed E-state index contributed by atoms with van der Waals surface area (Å²) in [4.78, 5) is 13.6. The Bertz CT molecular complexity index is 744. The number of benzene rings is 1. The first-order valence-corrected chi connectivity index (χ1v) is 11.2. The summed E-state index contributed by atoms with van der Waals surface area (Å²) in [7, 11) is 0. The van der Waals surface area contributed by atoms with Gasteiger partial charge in [-0.3, -0.25) is 0 Å². The van der Waals surface area contributed by atoms with Crippen molar-refractivity contribution in [2.75, 3.05) is 26.3 Å². The van der Waals surface area contributed by atoms with E-state index in [1.165, 1.54) is 0 Å². The minimum absolute atomic E-state index is 0.386. The molecule has 2 aliphatic heterocycles. The van der Waals surface area contributed by atoms with E-state index in [0.29, 0.717) is 45.9 Å². The van der Waals surface area contributed by atoms with Crippen LogP contribution in [0.3, 0.4) is 0 Å². The van der Waals surface area contributed by atoms with E-state index in [-0.39, 0.29) is 0 Å². The van der Waals surface area contributed by atoms with Gasteiger partial charge in [-0.25, -0.2) is 9.98 Å². The maximum Gasteiger partial charge on any atom is 0.248 e. The molecule has 0 saturated carbocycles. The highest BCUT2D eigenvalue weighted by molar-refractivity contribution is 6.76. The number of amidine groups is 2. The summed E-state index contributed by atoms with van der Waals surface area (Å²) in [5, 5.41) is 1.02.